The van der Waals surface area contributed by atoms with Crippen LogP contribution < -0.4 is 0 Å². The first kappa shape index (κ1) is 19.4. The van der Waals surface area contributed by atoms with Crippen molar-refractivity contribution in [3.63, 3.8) is 0 Å². The molecule has 1 amide bonds. The summed E-state index contributed by atoms with van der Waals surface area (Å²) in [6.07, 6.45) is 3.68. The molecule has 0 saturated carbocycles. The standard InChI is InChI=1S/C23H22FN5O2/c1-27-9-10-28(22(30)13-19-6-3-11-31-19)15-21(27)23-20-8-7-17(14-29(20)26-25-23)16-4-2-5-18(24)12-16/h2-8,11-12,14,21H,9-10,13,15H2,1H3/t21-/m0/s1. The molecule has 0 spiro atoms. The highest BCUT2D eigenvalue weighted by Crippen LogP contribution is 2.28. The Hall–Kier alpha value is -3.52. The predicted molar refractivity (Wildman–Crippen MR) is 113 cm³/mol. The summed E-state index contributed by atoms with van der Waals surface area (Å²) in [6, 6.07) is 13.9. The number of pyridine rings is 1. The molecule has 1 saturated heterocycles. The number of likely N-dealkylation sites (N-methyl/N-ethyl adjacent to an activating group) is 1. The van der Waals surface area contributed by atoms with E-state index in [1.165, 1.54) is 12.1 Å². The third-order valence-electron chi connectivity index (χ3n) is 5.82. The van der Waals surface area contributed by atoms with E-state index in [1.807, 2.05) is 42.4 Å². The first-order chi connectivity index (χ1) is 15.1. The molecule has 0 aliphatic carbocycles. The van der Waals surface area contributed by atoms with Gasteiger partial charge in [0.05, 0.1) is 24.2 Å². The SMILES string of the molecule is CN1CCN(C(=O)Cc2ccco2)C[C@H]1c1nnn2cc(-c3cccc(F)c3)ccc12. The molecule has 0 bridgehead atoms. The molecule has 1 aromatic carbocycles. The van der Waals surface area contributed by atoms with Crippen molar-refractivity contribution in [3.8, 4) is 11.1 Å². The summed E-state index contributed by atoms with van der Waals surface area (Å²) >= 11 is 0. The molecule has 158 valence electrons. The molecule has 7 nitrogen and oxygen atoms in total. The van der Waals surface area contributed by atoms with E-state index in [4.69, 9.17) is 4.42 Å². The molecule has 31 heavy (non-hydrogen) atoms. The maximum Gasteiger partial charge on any atom is 0.230 e. The van der Waals surface area contributed by atoms with Gasteiger partial charge < -0.3 is 9.32 Å². The van der Waals surface area contributed by atoms with Gasteiger partial charge in [0.25, 0.3) is 0 Å². The molecule has 8 heteroatoms. The Balaban J connectivity index is 1.40. The number of fused-ring (bicyclic) bond motifs is 1. The zero-order valence-electron chi connectivity index (χ0n) is 17.1. The van der Waals surface area contributed by atoms with Crippen molar-refractivity contribution >= 4 is 11.4 Å². The summed E-state index contributed by atoms with van der Waals surface area (Å²) in [5.41, 5.74) is 3.33. The van der Waals surface area contributed by atoms with Crippen LogP contribution in [0.5, 0.6) is 0 Å². The van der Waals surface area contributed by atoms with Crippen molar-refractivity contribution in [1.82, 2.24) is 24.6 Å². The lowest BCUT2D eigenvalue weighted by Gasteiger charge is -2.38. The second-order valence-corrected chi connectivity index (χ2v) is 7.82. The summed E-state index contributed by atoms with van der Waals surface area (Å²) in [4.78, 5) is 16.8. The maximum atomic E-state index is 13.6. The van der Waals surface area contributed by atoms with Gasteiger partial charge in [0.15, 0.2) is 0 Å². The summed E-state index contributed by atoms with van der Waals surface area (Å²) in [6.45, 7) is 1.94. The van der Waals surface area contributed by atoms with Gasteiger partial charge in [-0.2, -0.15) is 0 Å². The summed E-state index contributed by atoms with van der Waals surface area (Å²) in [5, 5.41) is 8.73. The fourth-order valence-electron chi connectivity index (χ4n) is 4.06. The fraction of sp³-hybridized carbons (Fsp3) is 0.261. The van der Waals surface area contributed by atoms with Gasteiger partial charge in [-0.25, -0.2) is 8.91 Å². The first-order valence-electron chi connectivity index (χ1n) is 10.2. The van der Waals surface area contributed by atoms with E-state index in [2.05, 4.69) is 15.2 Å². The largest absolute Gasteiger partial charge is 0.469 e. The minimum absolute atomic E-state index is 0.0397. The first-order valence-corrected chi connectivity index (χ1v) is 10.2. The Bertz CT molecular complexity index is 1220. The summed E-state index contributed by atoms with van der Waals surface area (Å²) < 4.78 is 20.6. The number of carbonyl (C=O) groups excluding carboxylic acids is 1. The third kappa shape index (κ3) is 3.82. The Morgan fingerprint density at radius 1 is 1.16 bits per heavy atom. The molecule has 4 aromatic rings. The van der Waals surface area contributed by atoms with Crippen LogP contribution in [0.4, 0.5) is 4.39 Å². The molecule has 0 unspecified atom stereocenters. The minimum atomic E-state index is -0.278. The number of carbonyl (C=O) groups is 1. The van der Waals surface area contributed by atoms with E-state index in [0.29, 0.717) is 18.8 Å². The highest BCUT2D eigenvalue weighted by Gasteiger charge is 2.31. The minimum Gasteiger partial charge on any atom is -0.469 e. The van der Waals surface area contributed by atoms with E-state index in [1.54, 1.807) is 22.9 Å². The summed E-state index contributed by atoms with van der Waals surface area (Å²) in [7, 11) is 2.03. The number of piperazine rings is 1. The average Bonchev–Trinajstić information content (AvgIpc) is 3.43. The van der Waals surface area contributed by atoms with Crippen LogP contribution in [0.15, 0.2) is 65.4 Å². The van der Waals surface area contributed by atoms with Crippen LogP contribution in [0, 0.1) is 5.82 Å². The normalized spacial score (nSPS) is 17.4. The van der Waals surface area contributed by atoms with Gasteiger partial charge in [-0.1, -0.05) is 23.4 Å². The quantitative estimate of drug-likeness (QED) is 0.508. The molecule has 1 atom stereocenters. The molecule has 3 aromatic heterocycles. The highest BCUT2D eigenvalue weighted by molar-refractivity contribution is 5.78. The molecule has 1 fully saturated rings. The van der Waals surface area contributed by atoms with Crippen molar-refractivity contribution < 1.29 is 13.6 Å². The molecule has 5 rings (SSSR count). The number of hydrogen-bond acceptors (Lipinski definition) is 5. The second kappa shape index (κ2) is 7.96. The maximum absolute atomic E-state index is 13.6. The molecule has 4 heterocycles. The monoisotopic (exact) mass is 419 g/mol. The zero-order chi connectivity index (χ0) is 21.4. The molecular weight excluding hydrogens is 397 g/mol. The Morgan fingerprint density at radius 2 is 2.06 bits per heavy atom. The molecule has 0 N–H and O–H groups in total. The van der Waals surface area contributed by atoms with Crippen molar-refractivity contribution in [1.29, 1.82) is 0 Å². The number of rotatable bonds is 4. The van der Waals surface area contributed by atoms with Crippen LogP contribution in [-0.4, -0.2) is 57.2 Å². The van der Waals surface area contributed by atoms with E-state index < -0.39 is 0 Å². The van der Waals surface area contributed by atoms with Gasteiger partial charge in [-0.15, -0.1) is 5.10 Å². The van der Waals surface area contributed by atoms with E-state index in [9.17, 15) is 9.18 Å². The number of nitrogens with zero attached hydrogens (tertiary/aromatic N) is 5. The highest BCUT2D eigenvalue weighted by atomic mass is 19.1. The lowest BCUT2D eigenvalue weighted by molar-refractivity contribution is -0.133. The number of aromatic nitrogens is 3. The van der Waals surface area contributed by atoms with Gasteiger partial charge in [0.2, 0.25) is 5.91 Å². The topological polar surface area (TPSA) is 66.9 Å². The van der Waals surface area contributed by atoms with Crippen LogP contribution >= 0.6 is 0 Å². The lowest BCUT2D eigenvalue weighted by atomic mass is 10.1. The van der Waals surface area contributed by atoms with Crippen molar-refractivity contribution in [2.24, 2.45) is 0 Å². The van der Waals surface area contributed by atoms with Gasteiger partial charge in [-0.05, 0) is 42.9 Å². The lowest BCUT2D eigenvalue weighted by Crippen LogP contribution is -2.49. The van der Waals surface area contributed by atoms with Gasteiger partial charge >= 0.3 is 0 Å². The van der Waals surface area contributed by atoms with Gasteiger partial charge in [-0.3, -0.25) is 9.69 Å². The Morgan fingerprint density at radius 3 is 2.87 bits per heavy atom. The van der Waals surface area contributed by atoms with Crippen molar-refractivity contribution in [2.45, 2.75) is 12.5 Å². The molecule has 1 aliphatic rings. The Kier molecular flexibility index (Phi) is 4.99. The number of hydrogen-bond donors (Lipinski definition) is 0. The van der Waals surface area contributed by atoms with Crippen LogP contribution in [0.3, 0.4) is 0 Å². The predicted octanol–water partition coefficient (Wildman–Crippen LogP) is 3.19. The molecular formula is C23H22FN5O2. The number of amides is 1. The molecule has 0 radical (unpaired) electrons. The Labute approximate surface area is 178 Å². The van der Waals surface area contributed by atoms with E-state index in [-0.39, 0.29) is 24.2 Å². The van der Waals surface area contributed by atoms with E-state index >= 15 is 0 Å². The smallest absolute Gasteiger partial charge is 0.230 e. The number of benzene rings is 1. The van der Waals surface area contributed by atoms with Gasteiger partial charge in [0, 0.05) is 31.4 Å². The van der Waals surface area contributed by atoms with Gasteiger partial charge in [0.1, 0.15) is 17.3 Å². The third-order valence-corrected chi connectivity index (χ3v) is 5.82. The zero-order valence-corrected chi connectivity index (χ0v) is 17.1. The van der Waals surface area contributed by atoms with Crippen LogP contribution in [0.2, 0.25) is 0 Å². The van der Waals surface area contributed by atoms with Crippen molar-refractivity contribution in [2.75, 3.05) is 26.7 Å². The average molecular weight is 419 g/mol. The molecule has 1 aliphatic heterocycles. The van der Waals surface area contributed by atoms with Crippen LogP contribution in [0.25, 0.3) is 16.6 Å². The second-order valence-electron chi connectivity index (χ2n) is 7.82. The fourth-order valence-corrected chi connectivity index (χ4v) is 4.06. The van der Waals surface area contributed by atoms with E-state index in [0.717, 1.165) is 28.9 Å². The van der Waals surface area contributed by atoms with Crippen molar-refractivity contribution in [3.05, 3.63) is 78.3 Å². The number of halogens is 1. The van der Waals surface area contributed by atoms with Crippen LogP contribution in [-0.2, 0) is 11.2 Å². The number of furan rings is 1. The van der Waals surface area contributed by atoms with Crippen LogP contribution in [0.1, 0.15) is 17.5 Å². The summed E-state index contributed by atoms with van der Waals surface area (Å²) in [5.74, 6) is 0.428.